The molecule has 1 aromatic heterocycles. The number of hydrogen-bond donors (Lipinski definition) is 1. The average molecular weight is 249 g/mol. The molecule has 2 atom stereocenters. The summed E-state index contributed by atoms with van der Waals surface area (Å²) in [6.07, 6.45) is 12.0. The zero-order chi connectivity index (χ0) is 12.8. The summed E-state index contributed by atoms with van der Waals surface area (Å²) in [7, 11) is 2.11. The van der Waals surface area contributed by atoms with Gasteiger partial charge in [-0.05, 0) is 44.2 Å². The van der Waals surface area contributed by atoms with E-state index >= 15 is 0 Å². The van der Waals surface area contributed by atoms with Crippen LogP contribution in [0.5, 0.6) is 0 Å². The topological polar surface area (TPSA) is 29.9 Å². The molecule has 1 N–H and O–H groups in total. The zero-order valence-corrected chi connectivity index (χ0v) is 11.9. The molecule has 0 amide bonds. The van der Waals surface area contributed by atoms with Crippen LogP contribution in [0.3, 0.4) is 0 Å². The molecule has 1 aromatic rings. The SMILES string of the molecule is CCCNCC1CCCCC1Cc1nccn1C. The Balaban J connectivity index is 1.89. The van der Waals surface area contributed by atoms with Crippen LogP contribution >= 0.6 is 0 Å². The molecule has 2 unspecified atom stereocenters. The molecule has 18 heavy (non-hydrogen) atoms. The zero-order valence-electron chi connectivity index (χ0n) is 11.9. The van der Waals surface area contributed by atoms with Crippen LogP contribution in [0.15, 0.2) is 12.4 Å². The third-order valence-electron chi connectivity index (χ3n) is 4.27. The second-order valence-corrected chi connectivity index (χ2v) is 5.67. The fourth-order valence-electron chi connectivity index (χ4n) is 3.11. The van der Waals surface area contributed by atoms with E-state index in [9.17, 15) is 0 Å². The van der Waals surface area contributed by atoms with Gasteiger partial charge in [0.05, 0.1) is 0 Å². The molecule has 0 aromatic carbocycles. The standard InChI is InChI=1S/C15H27N3/c1-3-8-16-12-14-7-5-4-6-13(14)11-15-17-9-10-18(15)2/h9-10,13-14,16H,3-8,11-12H2,1-2H3. The third-order valence-corrected chi connectivity index (χ3v) is 4.27. The molecule has 0 spiro atoms. The normalized spacial score (nSPS) is 24.3. The molecule has 0 saturated heterocycles. The fourth-order valence-corrected chi connectivity index (χ4v) is 3.11. The van der Waals surface area contributed by atoms with E-state index < -0.39 is 0 Å². The average Bonchev–Trinajstić information content (AvgIpc) is 2.78. The molecule has 102 valence electrons. The smallest absolute Gasteiger partial charge is 0.108 e. The number of rotatable bonds is 6. The van der Waals surface area contributed by atoms with Crippen LogP contribution in [0.25, 0.3) is 0 Å². The molecule has 2 rings (SSSR count). The number of aromatic nitrogens is 2. The number of aryl methyl sites for hydroxylation is 1. The minimum absolute atomic E-state index is 0.823. The van der Waals surface area contributed by atoms with Crippen molar-refractivity contribution < 1.29 is 0 Å². The lowest BCUT2D eigenvalue weighted by Gasteiger charge is -2.31. The number of hydrogen-bond acceptors (Lipinski definition) is 2. The minimum atomic E-state index is 0.823. The molecule has 3 nitrogen and oxygen atoms in total. The van der Waals surface area contributed by atoms with E-state index in [1.165, 1.54) is 44.5 Å². The van der Waals surface area contributed by atoms with Gasteiger partial charge in [0.2, 0.25) is 0 Å². The van der Waals surface area contributed by atoms with Gasteiger partial charge in [-0.15, -0.1) is 0 Å². The highest BCUT2D eigenvalue weighted by atomic mass is 15.0. The monoisotopic (exact) mass is 249 g/mol. The summed E-state index contributed by atoms with van der Waals surface area (Å²) in [5.41, 5.74) is 0. The Hall–Kier alpha value is -0.830. The molecule has 1 aliphatic rings. The van der Waals surface area contributed by atoms with Crippen LogP contribution < -0.4 is 5.32 Å². The van der Waals surface area contributed by atoms with Gasteiger partial charge < -0.3 is 9.88 Å². The van der Waals surface area contributed by atoms with Crippen LogP contribution in [0, 0.1) is 11.8 Å². The molecule has 1 saturated carbocycles. The second kappa shape index (κ2) is 6.93. The molecule has 0 bridgehead atoms. The number of nitrogens with zero attached hydrogens (tertiary/aromatic N) is 2. The van der Waals surface area contributed by atoms with E-state index in [0.29, 0.717) is 0 Å². The highest BCUT2D eigenvalue weighted by Crippen LogP contribution is 2.31. The Morgan fingerprint density at radius 3 is 2.78 bits per heavy atom. The van der Waals surface area contributed by atoms with Gasteiger partial charge in [0.1, 0.15) is 5.82 Å². The molecule has 1 heterocycles. The molecule has 3 heteroatoms. The molecule has 1 aliphatic carbocycles. The number of imidazole rings is 1. The van der Waals surface area contributed by atoms with Crippen LogP contribution in [-0.4, -0.2) is 22.6 Å². The second-order valence-electron chi connectivity index (χ2n) is 5.67. The highest BCUT2D eigenvalue weighted by molar-refractivity contribution is 4.95. The largest absolute Gasteiger partial charge is 0.338 e. The van der Waals surface area contributed by atoms with E-state index in [-0.39, 0.29) is 0 Å². The van der Waals surface area contributed by atoms with Gasteiger partial charge in [-0.25, -0.2) is 4.98 Å². The lowest BCUT2D eigenvalue weighted by molar-refractivity contribution is 0.225. The quantitative estimate of drug-likeness (QED) is 0.786. The summed E-state index contributed by atoms with van der Waals surface area (Å²) in [6, 6.07) is 0. The van der Waals surface area contributed by atoms with E-state index in [2.05, 4.69) is 35.0 Å². The Morgan fingerprint density at radius 1 is 1.33 bits per heavy atom. The molecule has 0 aliphatic heterocycles. The van der Waals surface area contributed by atoms with Gasteiger partial charge in [0.15, 0.2) is 0 Å². The molecular formula is C15H27N3. The van der Waals surface area contributed by atoms with Crippen molar-refractivity contribution in [2.75, 3.05) is 13.1 Å². The first-order chi connectivity index (χ1) is 8.81. The van der Waals surface area contributed by atoms with Gasteiger partial charge in [0.25, 0.3) is 0 Å². The summed E-state index contributed by atoms with van der Waals surface area (Å²) in [5, 5.41) is 3.60. The van der Waals surface area contributed by atoms with Crippen molar-refractivity contribution in [3.63, 3.8) is 0 Å². The van der Waals surface area contributed by atoms with Gasteiger partial charge in [-0.1, -0.05) is 19.8 Å². The van der Waals surface area contributed by atoms with Crippen molar-refractivity contribution in [2.24, 2.45) is 18.9 Å². The lowest BCUT2D eigenvalue weighted by atomic mass is 9.77. The summed E-state index contributed by atoms with van der Waals surface area (Å²) >= 11 is 0. The summed E-state index contributed by atoms with van der Waals surface area (Å²) in [6.45, 7) is 4.59. The van der Waals surface area contributed by atoms with Gasteiger partial charge in [-0.2, -0.15) is 0 Å². The van der Waals surface area contributed by atoms with Gasteiger partial charge in [0, 0.05) is 25.9 Å². The predicted molar refractivity (Wildman–Crippen MR) is 75.5 cm³/mol. The maximum Gasteiger partial charge on any atom is 0.108 e. The minimum Gasteiger partial charge on any atom is -0.338 e. The van der Waals surface area contributed by atoms with Crippen molar-refractivity contribution in [3.05, 3.63) is 18.2 Å². The molecular weight excluding hydrogens is 222 g/mol. The van der Waals surface area contributed by atoms with E-state index in [4.69, 9.17) is 0 Å². The fraction of sp³-hybridized carbons (Fsp3) is 0.800. The first-order valence-electron chi connectivity index (χ1n) is 7.48. The van der Waals surface area contributed by atoms with Crippen molar-refractivity contribution in [3.8, 4) is 0 Å². The summed E-state index contributed by atoms with van der Waals surface area (Å²) in [5.74, 6) is 2.92. The first kappa shape index (κ1) is 13.6. The Morgan fingerprint density at radius 2 is 2.11 bits per heavy atom. The third kappa shape index (κ3) is 3.58. The van der Waals surface area contributed by atoms with Crippen molar-refractivity contribution in [2.45, 2.75) is 45.4 Å². The Bertz CT molecular complexity index is 345. The van der Waals surface area contributed by atoms with Gasteiger partial charge in [-0.3, -0.25) is 0 Å². The van der Waals surface area contributed by atoms with E-state index in [1.54, 1.807) is 0 Å². The van der Waals surface area contributed by atoms with Crippen LogP contribution in [0.2, 0.25) is 0 Å². The van der Waals surface area contributed by atoms with Crippen LogP contribution in [-0.2, 0) is 13.5 Å². The summed E-state index contributed by atoms with van der Waals surface area (Å²) in [4.78, 5) is 4.48. The van der Waals surface area contributed by atoms with Crippen LogP contribution in [0.1, 0.15) is 44.9 Å². The maximum absolute atomic E-state index is 4.48. The van der Waals surface area contributed by atoms with Crippen LogP contribution in [0.4, 0.5) is 0 Å². The van der Waals surface area contributed by atoms with Crippen molar-refractivity contribution in [1.82, 2.24) is 14.9 Å². The highest BCUT2D eigenvalue weighted by Gasteiger charge is 2.25. The van der Waals surface area contributed by atoms with Crippen molar-refractivity contribution >= 4 is 0 Å². The molecule has 1 fully saturated rings. The Labute approximate surface area is 111 Å². The Kier molecular flexibility index (Phi) is 5.24. The molecule has 0 radical (unpaired) electrons. The number of nitrogens with one attached hydrogen (secondary N) is 1. The first-order valence-corrected chi connectivity index (χ1v) is 7.48. The van der Waals surface area contributed by atoms with Gasteiger partial charge >= 0.3 is 0 Å². The lowest BCUT2D eigenvalue weighted by Crippen LogP contribution is -2.32. The van der Waals surface area contributed by atoms with Crippen molar-refractivity contribution in [1.29, 1.82) is 0 Å². The van der Waals surface area contributed by atoms with E-state index in [1.807, 2.05) is 6.20 Å². The predicted octanol–water partition coefficient (Wildman–Crippen LogP) is 2.77. The van der Waals surface area contributed by atoms with E-state index in [0.717, 1.165) is 24.8 Å². The maximum atomic E-state index is 4.48. The summed E-state index contributed by atoms with van der Waals surface area (Å²) < 4.78 is 2.17.